The average Bonchev–Trinajstić information content (AvgIpc) is 2.75. The summed E-state index contributed by atoms with van der Waals surface area (Å²) in [5, 5.41) is 0. The van der Waals surface area contributed by atoms with Crippen molar-refractivity contribution in [3.63, 3.8) is 0 Å². The van der Waals surface area contributed by atoms with Crippen molar-refractivity contribution in [2.45, 2.75) is 44.7 Å². The van der Waals surface area contributed by atoms with Gasteiger partial charge in [-0.15, -0.1) is 0 Å². The predicted molar refractivity (Wildman–Crippen MR) is 65.6 cm³/mol. The third-order valence-electron chi connectivity index (χ3n) is 3.94. The average molecular weight is 235 g/mol. The monoisotopic (exact) mass is 235 g/mol. The van der Waals surface area contributed by atoms with Crippen LogP contribution in [0, 0.1) is 5.92 Å². The summed E-state index contributed by atoms with van der Waals surface area (Å²) in [5.41, 5.74) is 7.50. The van der Waals surface area contributed by atoms with Crippen molar-refractivity contribution in [1.29, 1.82) is 0 Å². The number of hydrogen-bond donors (Lipinski definition) is 1. The van der Waals surface area contributed by atoms with Gasteiger partial charge in [-0.25, -0.2) is 4.98 Å². The van der Waals surface area contributed by atoms with Crippen molar-refractivity contribution < 1.29 is 4.74 Å². The van der Waals surface area contributed by atoms with Crippen LogP contribution in [-0.2, 0) is 17.6 Å². The fraction of sp³-hybridized carbons (Fsp3) is 0.769. The molecule has 4 nitrogen and oxygen atoms in total. The molecule has 0 radical (unpaired) electrons. The summed E-state index contributed by atoms with van der Waals surface area (Å²) in [6, 6.07) is 0. The first-order valence-electron chi connectivity index (χ1n) is 6.73. The molecule has 2 unspecified atom stereocenters. The number of fused-ring (bicyclic) bond motifs is 1. The first-order chi connectivity index (χ1) is 8.34. The molecule has 3 rings (SSSR count). The lowest BCUT2D eigenvalue weighted by Gasteiger charge is -2.26. The Morgan fingerprint density at radius 2 is 2.35 bits per heavy atom. The Bertz CT molecular complexity index is 382. The molecule has 2 aliphatic heterocycles. The molecule has 4 heteroatoms. The molecule has 3 heterocycles. The van der Waals surface area contributed by atoms with E-state index in [4.69, 9.17) is 10.5 Å². The summed E-state index contributed by atoms with van der Waals surface area (Å²) in [5.74, 6) is 1.80. The van der Waals surface area contributed by atoms with E-state index in [1.165, 1.54) is 30.8 Å². The van der Waals surface area contributed by atoms with Gasteiger partial charge in [-0.1, -0.05) is 0 Å². The molecule has 2 N–H and O–H groups in total. The van der Waals surface area contributed by atoms with Gasteiger partial charge < -0.3 is 15.0 Å². The SMILES string of the molecule is NC1CCCc2cnc(CC3CCCOC3)n21. The van der Waals surface area contributed by atoms with Gasteiger partial charge in [0.1, 0.15) is 5.82 Å². The normalized spacial score (nSPS) is 29.0. The molecule has 17 heavy (non-hydrogen) atoms. The van der Waals surface area contributed by atoms with E-state index < -0.39 is 0 Å². The van der Waals surface area contributed by atoms with Crippen molar-refractivity contribution in [1.82, 2.24) is 9.55 Å². The molecule has 2 atom stereocenters. The first kappa shape index (κ1) is 11.2. The highest BCUT2D eigenvalue weighted by Gasteiger charge is 2.23. The van der Waals surface area contributed by atoms with E-state index in [9.17, 15) is 0 Å². The van der Waals surface area contributed by atoms with Gasteiger partial charge in [0.15, 0.2) is 0 Å². The van der Waals surface area contributed by atoms with Crippen molar-refractivity contribution in [2.75, 3.05) is 13.2 Å². The maximum Gasteiger partial charge on any atom is 0.110 e. The van der Waals surface area contributed by atoms with Gasteiger partial charge in [0, 0.05) is 31.5 Å². The maximum atomic E-state index is 6.19. The van der Waals surface area contributed by atoms with E-state index in [0.717, 1.165) is 32.5 Å². The largest absolute Gasteiger partial charge is 0.381 e. The maximum absolute atomic E-state index is 6.19. The second-order valence-corrected chi connectivity index (χ2v) is 5.28. The van der Waals surface area contributed by atoms with Crippen LogP contribution in [0.25, 0.3) is 0 Å². The van der Waals surface area contributed by atoms with Crippen molar-refractivity contribution in [2.24, 2.45) is 11.7 Å². The minimum Gasteiger partial charge on any atom is -0.381 e. The van der Waals surface area contributed by atoms with Crippen LogP contribution < -0.4 is 5.73 Å². The molecule has 0 aliphatic carbocycles. The van der Waals surface area contributed by atoms with Gasteiger partial charge in [-0.2, -0.15) is 0 Å². The molecule has 0 bridgehead atoms. The molecule has 94 valence electrons. The summed E-state index contributed by atoms with van der Waals surface area (Å²) in [4.78, 5) is 4.57. The van der Waals surface area contributed by atoms with E-state index in [0.29, 0.717) is 5.92 Å². The van der Waals surface area contributed by atoms with Crippen LogP contribution in [0.1, 0.15) is 43.4 Å². The minimum atomic E-state index is 0.140. The van der Waals surface area contributed by atoms with Crippen molar-refractivity contribution >= 4 is 0 Å². The minimum absolute atomic E-state index is 0.140. The van der Waals surface area contributed by atoms with E-state index in [-0.39, 0.29) is 6.17 Å². The Morgan fingerprint density at radius 3 is 3.18 bits per heavy atom. The highest BCUT2D eigenvalue weighted by molar-refractivity contribution is 5.10. The fourth-order valence-corrected chi connectivity index (χ4v) is 3.03. The lowest BCUT2D eigenvalue weighted by Crippen LogP contribution is -2.28. The van der Waals surface area contributed by atoms with Crippen LogP contribution in [0.2, 0.25) is 0 Å². The van der Waals surface area contributed by atoms with E-state index in [1.807, 2.05) is 6.20 Å². The molecule has 1 aromatic heterocycles. The number of rotatable bonds is 2. The predicted octanol–water partition coefficient (Wildman–Crippen LogP) is 1.65. The van der Waals surface area contributed by atoms with Gasteiger partial charge in [0.25, 0.3) is 0 Å². The molecule has 1 saturated heterocycles. The zero-order valence-electron chi connectivity index (χ0n) is 10.3. The number of aryl methyl sites for hydroxylation is 1. The van der Waals surface area contributed by atoms with Crippen molar-refractivity contribution in [3.8, 4) is 0 Å². The van der Waals surface area contributed by atoms with Crippen LogP contribution >= 0.6 is 0 Å². The number of imidazole rings is 1. The Morgan fingerprint density at radius 1 is 1.41 bits per heavy atom. The molecular formula is C13H21N3O. The zero-order chi connectivity index (χ0) is 11.7. The van der Waals surface area contributed by atoms with E-state index in [1.54, 1.807) is 0 Å². The van der Waals surface area contributed by atoms with Crippen LogP contribution in [0.4, 0.5) is 0 Å². The lowest BCUT2D eigenvalue weighted by molar-refractivity contribution is 0.0537. The molecule has 0 aromatic carbocycles. The molecule has 0 amide bonds. The summed E-state index contributed by atoms with van der Waals surface area (Å²) >= 11 is 0. The number of nitrogens with zero attached hydrogens (tertiary/aromatic N) is 2. The molecule has 2 aliphatic rings. The highest BCUT2D eigenvalue weighted by atomic mass is 16.5. The lowest BCUT2D eigenvalue weighted by atomic mass is 9.98. The summed E-state index contributed by atoms with van der Waals surface area (Å²) in [7, 11) is 0. The second-order valence-electron chi connectivity index (χ2n) is 5.28. The van der Waals surface area contributed by atoms with Gasteiger partial charge in [0.05, 0.1) is 6.17 Å². The van der Waals surface area contributed by atoms with Crippen LogP contribution in [0.3, 0.4) is 0 Å². The topological polar surface area (TPSA) is 53.1 Å². The Balaban J connectivity index is 1.76. The standard InChI is InChI=1S/C13H21N3O/c14-12-5-1-4-11-8-15-13(16(11)12)7-10-3-2-6-17-9-10/h8,10,12H,1-7,9,14H2. The van der Waals surface area contributed by atoms with Gasteiger partial charge in [-0.05, 0) is 38.0 Å². The Labute approximate surface area is 102 Å². The number of hydrogen-bond acceptors (Lipinski definition) is 3. The van der Waals surface area contributed by atoms with Gasteiger partial charge in [-0.3, -0.25) is 0 Å². The van der Waals surface area contributed by atoms with Crippen LogP contribution in [0.5, 0.6) is 0 Å². The molecular weight excluding hydrogens is 214 g/mol. The van der Waals surface area contributed by atoms with Crippen LogP contribution in [-0.4, -0.2) is 22.8 Å². The fourth-order valence-electron chi connectivity index (χ4n) is 3.03. The van der Waals surface area contributed by atoms with Crippen LogP contribution in [0.15, 0.2) is 6.20 Å². The number of ether oxygens (including phenoxy) is 1. The Hall–Kier alpha value is -0.870. The quantitative estimate of drug-likeness (QED) is 0.848. The van der Waals surface area contributed by atoms with E-state index in [2.05, 4.69) is 9.55 Å². The molecule has 1 fully saturated rings. The number of nitrogens with two attached hydrogens (primary N) is 1. The van der Waals surface area contributed by atoms with E-state index >= 15 is 0 Å². The second kappa shape index (κ2) is 4.78. The van der Waals surface area contributed by atoms with Crippen molar-refractivity contribution in [3.05, 3.63) is 17.7 Å². The van der Waals surface area contributed by atoms with Gasteiger partial charge in [0.2, 0.25) is 0 Å². The summed E-state index contributed by atoms with van der Waals surface area (Å²) in [6.45, 7) is 1.81. The molecule has 1 aromatic rings. The zero-order valence-corrected chi connectivity index (χ0v) is 10.3. The summed E-state index contributed by atoms with van der Waals surface area (Å²) in [6.07, 6.45) is 9.02. The third-order valence-corrected chi connectivity index (χ3v) is 3.94. The highest BCUT2D eigenvalue weighted by Crippen LogP contribution is 2.25. The summed E-state index contributed by atoms with van der Waals surface area (Å²) < 4.78 is 7.80. The van der Waals surface area contributed by atoms with Gasteiger partial charge >= 0.3 is 0 Å². The third kappa shape index (κ3) is 2.24. The molecule has 0 spiro atoms. The first-order valence-corrected chi connectivity index (χ1v) is 6.73. The molecule has 0 saturated carbocycles. The smallest absolute Gasteiger partial charge is 0.110 e. The number of aromatic nitrogens is 2. The Kier molecular flexibility index (Phi) is 3.16.